The molecule has 0 aliphatic heterocycles. The Morgan fingerprint density at radius 1 is 1.16 bits per heavy atom. The molecule has 0 radical (unpaired) electrons. The van der Waals surface area contributed by atoms with E-state index >= 15 is 0 Å². The maximum atomic E-state index is 12.6. The summed E-state index contributed by atoms with van der Waals surface area (Å²) in [6.45, 7) is -0.230. The number of sulfonamides is 1. The van der Waals surface area contributed by atoms with Crippen molar-refractivity contribution in [2.45, 2.75) is 11.1 Å². The predicted molar refractivity (Wildman–Crippen MR) is 84.1 cm³/mol. The van der Waals surface area contributed by atoms with Gasteiger partial charge in [-0.25, -0.2) is 8.42 Å². The van der Waals surface area contributed by atoms with Crippen LogP contribution >= 0.6 is 0 Å². The zero-order valence-electron chi connectivity index (χ0n) is 12.7. The molecule has 1 aromatic heterocycles. The van der Waals surface area contributed by atoms with E-state index < -0.39 is 26.7 Å². The fourth-order valence-electron chi connectivity index (χ4n) is 1.72. The Bertz CT molecular complexity index is 873. The van der Waals surface area contributed by atoms with Crippen molar-refractivity contribution in [2.24, 2.45) is 0 Å². The van der Waals surface area contributed by atoms with Gasteiger partial charge in [-0.1, -0.05) is 17.9 Å². The number of pyridine rings is 1. The van der Waals surface area contributed by atoms with Gasteiger partial charge < -0.3 is 4.74 Å². The molecule has 1 N–H and O–H groups in total. The van der Waals surface area contributed by atoms with Crippen molar-refractivity contribution in [3.05, 3.63) is 54.4 Å². The zero-order chi connectivity index (χ0) is 18.3. The largest absolute Gasteiger partial charge is 0.479 e. The Morgan fingerprint density at radius 3 is 2.64 bits per heavy atom. The van der Waals surface area contributed by atoms with Crippen molar-refractivity contribution < 1.29 is 26.3 Å². The van der Waals surface area contributed by atoms with Crippen LogP contribution in [0.15, 0.2) is 53.7 Å². The van der Waals surface area contributed by atoms with Crippen LogP contribution in [0.1, 0.15) is 5.56 Å². The number of aromatic nitrogens is 1. The minimum Gasteiger partial charge on any atom is -0.479 e. The monoisotopic (exact) mass is 370 g/mol. The minimum absolute atomic E-state index is 0.0248. The van der Waals surface area contributed by atoms with Crippen molar-refractivity contribution in [1.29, 1.82) is 0 Å². The first-order valence-electron chi connectivity index (χ1n) is 6.94. The van der Waals surface area contributed by atoms with Crippen LogP contribution in [0.25, 0.3) is 0 Å². The minimum atomic E-state index is -4.62. The molecule has 1 aromatic carbocycles. The lowest BCUT2D eigenvalue weighted by Crippen LogP contribution is -2.24. The highest BCUT2D eigenvalue weighted by molar-refractivity contribution is 7.89. The molecular formula is C16H13F3N2O3S. The predicted octanol–water partition coefficient (Wildman–Crippen LogP) is 2.46. The SMILES string of the molecule is O=S(=O)(NCC#CCOc1cccnc1)c1cccc(C(F)(F)F)c1. The van der Waals surface area contributed by atoms with Crippen LogP contribution in [-0.2, 0) is 16.2 Å². The van der Waals surface area contributed by atoms with Crippen LogP contribution < -0.4 is 9.46 Å². The lowest BCUT2D eigenvalue weighted by molar-refractivity contribution is -0.137. The van der Waals surface area contributed by atoms with Gasteiger partial charge in [0.25, 0.3) is 0 Å². The van der Waals surface area contributed by atoms with Crippen LogP contribution in [0.5, 0.6) is 5.75 Å². The number of hydrogen-bond donors (Lipinski definition) is 1. The van der Waals surface area contributed by atoms with Crippen LogP contribution in [-0.4, -0.2) is 26.6 Å². The van der Waals surface area contributed by atoms with Crippen molar-refractivity contribution in [3.63, 3.8) is 0 Å². The first kappa shape index (κ1) is 18.8. The summed E-state index contributed by atoms with van der Waals surface area (Å²) in [6.07, 6.45) is -1.53. The topological polar surface area (TPSA) is 68.3 Å². The lowest BCUT2D eigenvalue weighted by Gasteiger charge is -2.09. The second kappa shape index (κ2) is 8.00. The second-order valence-electron chi connectivity index (χ2n) is 4.68. The Morgan fingerprint density at radius 2 is 1.96 bits per heavy atom. The molecular weight excluding hydrogens is 357 g/mol. The Balaban J connectivity index is 1.91. The molecule has 0 saturated carbocycles. The molecule has 132 valence electrons. The van der Waals surface area contributed by atoms with Crippen LogP contribution in [0.4, 0.5) is 13.2 Å². The van der Waals surface area contributed by atoms with Crippen molar-refractivity contribution in [2.75, 3.05) is 13.2 Å². The molecule has 0 fully saturated rings. The Labute approximate surface area is 142 Å². The summed E-state index contributed by atoms with van der Waals surface area (Å²) < 4.78 is 69.2. The molecule has 25 heavy (non-hydrogen) atoms. The quantitative estimate of drug-likeness (QED) is 0.821. The summed E-state index contributed by atoms with van der Waals surface area (Å²) in [7, 11) is -4.09. The van der Waals surface area contributed by atoms with Gasteiger partial charge in [0.15, 0.2) is 0 Å². The molecule has 0 spiro atoms. The third-order valence-corrected chi connectivity index (χ3v) is 4.29. The van der Waals surface area contributed by atoms with Crippen LogP contribution in [0.3, 0.4) is 0 Å². The van der Waals surface area contributed by atoms with Crippen LogP contribution in [0.2, 0.25) is 0 Å². The van der Waals surface area contributed by atoms with E-state index in [9.17, 15) is 21.6 Å². The fraction of sp³-hybridized carbons (Fsp3) is 0.188. The molecule has 5 nitrogen and oxygen atoms in total. The van der Waals surface area contributed by atoms with E-state index in [0.717, 1.165) is 18.2 Å². The third kappa shape index (κ3) is 5.77. The molecule has 0 aliphatic rings. The van der Waals surface area contributed by atoms with E-state index in [1.54, 1.807) is 18.3 Å². The maximum absolute atomic E-state index is 12.6. The van der Waals surface area contributed by atoms with E-state index in [0.29, 0.717) is 11.8 Å². The average Bonchev–Trinajstić information content (AvgIpc) is 2.58. The molecule has 9 heteroatoms. The molecule has 0 bridgehead atoms. The Kier molecular flexibility index (Phi) is 6.01. The highest BCUT2D eigenvalue weighted by Gasteiger charge is 2.31. The molecule has 0 aliphatic carbocycles. The second-order valence-corrected chi connectivity index (χ2v) is 6.45. The van der Waals surface area contributed by atoms with Gasteiger partial charge in [-0.3, -0.25) is 4.98 Å². The third-order valence-electron chi connectivity index (χ3n) is 2.89. The van der Waals surface area contributed by atoms with Gasteiger partial charge in [0.1, 0.15) is 12.4 Å². The van der Waals surface area contributed by atoms with E-state index in [4.69, 9.17) is 4.74 Å². The Hall–Kier alpha value is -2.57. The molecule has 2 aromatic rings. The number of nitrogens with zero attached hydrogens (tertiary/aromatic N) is 1. The molecule has 0 saturated heterocycles. The van der Waals surface area contributed by atoms with Crippen LogP contribution in [0, 0.1) is 11.8 Å². The first-order chi connectivity index (χ1) is 11.8. The van der Waals surface area contributed by atoms with E-state index in [2.05, 4.69) is 21.5 Å². The standard InChI is InChI=1S/C16H13F3N2O3S/c17-16(18,19)13-5-3-7-15(11-13)25(22,23)21-9-1-2-10-24-14-6-4-8-20-12-14/h3-8,11-12,21H,9-10H2. The summed E-state index contributed by atoms with van der Waals surface area (Å²) in [5.41, 5.74) is -1.04. The number of hydrogen-bond acceptors (Lipinski definition) is 4. The average molecular weight is 370 g/mol. The fourth-order valence-corrected chi connectivity index (χ4v) is 2.69. The van der Waals surface area contributed by atoms with Crippen molar-refractivity contribution in [3.8, 4) is 17.6 Å². The number of nitrogens with one attached hydrogen (secondary N) is 1. The zero-order valence-corrected chi connectivity index (χ0v) is 13.6. The van der Waals surface area contributed by atoms with Crippen molar-refractivity contribution in [1.82, 2.24) is 9.71 Å². The van der Waals surface area contributed by atoms with Gasteiger partial charge in [-0.15, -0.1) is 0 Å². The molecule has 0 unspecified atom stereocenters. The highest BCUT2D eigenvalue weighted by Crippen LogP contribution is 2.30. The summed E-state index contributed by atoms with van der Waals surface area (Å²) in [5, 5.41) is 0. The number of rotatable bonds is 5. The van der Waals surface area contributed by atoms with Gasteiger partial charge in [0.2, 0.25) is 10.0 Å². The summed E-state index contributed by atoms with van der Waals surface area (Å²) >= 11 is 0. The number of alkyl halides is 3. The molecule has 1 heterocycles. The molecule has 0 atom stereocenters. The molecule has 2 rings (SSSR count). The smallest absolute Gasteiger partial charge is 0.416 e. The highest BCUT2D eigenvalue weighted by atomic mass is 32.2. The summed E-state index contributed by atoms with van der Waals surface area (Å²) in [5.74, 6) is 5.62. The van der Waals surface area contributed by atoms with Gasteiger partial charge in [-0.2, -0.15) is 17.9 Å². The first-order valence-corrected chi connectivity index (χ1v) is 8.43. The van der Waals surface area contributed by atoms with Gasteiger partial charge >= 0.3 is 6.18 Å². The van der Waals surface area contributed by atoms with Gasteiger partial charge in [0, 0.05) is 6.20 Å². The van der Waals surface area contributed by atoms with E-state index in [1.807, 2.05) is 0 Å². The number of benzene rings is 1. The number of halogens is 3. The van der Waals surface area contributed by atoms with Gasteiger partial charge in [-0.05, 0) is 30.3 Å². The van der Waals surface area contributed by atoms with E-state index in [-0.39, 0.29) is 13.2 Å². The normalized spacial score (nSPS) is 11.5. The number of ether oxygens (including phenoxy) is 1. The summed E-state index contributed by atoms with van der Waals surface area (Å²) in [4.78, 5) is 3.37. The molecule has 0 amide bonds. The van der Waals surface area contributed by atoms with Gasteiger partial charge in [0.05, 0.1) is 23.2 Å². The summed E-state index contributed by atoms with van der Waals surface area (Å²) in [6, 6.07) is 6.86. The van der Waals surface area contributed by atoms with E-state index in [1.165, 1.54) is 6.20 Å². The lowest BCUT2D eigenvalue weighted by atomic mass is 10.2. The maximum Gasteiger partial charge on any atom is 0.416 e. The van der Waals surface area contributed by atoms with Crippen molar-refractivity contribution >= 4 is 10.0 Å².